The van der Waals surface area contributed by atoms with E-state index in [1.807, 2.05) is 12.1 Å². The van der Waals surface area contributed by atoms with E-state index >= 15 is 0 Å². The van der Waals surface area contributed by atoms with Crippen LogP contribution < -0.4 is 11.1 Å². The summed E-state index contributed by atoms with van der Waals surface area (Å²) in [5.41, 5.74) is 5.89. The smallest absolute Gasteiger partial charge is 0.126 e. The number of hydrogen-bond donors (Lipinski definition) is 2. The fraction of sp³-hybridized carbons (Fsp3) is 0.545. The lowest BCUT2D eigenvalue weighted by Gasteiger charge is -2.29. The highest BCUT2D eigenvalue weighted by atomic mass is 35.5. The molecule has 0 saturated heterocycles. The van der Waals surface area contributed by atoms with Gasteiger partial charge in [-0.2, -0.15) is 0 Å². The number of halogens is 1. The average molecular weight is 226 g/mol. The highest BCUT2D eigenvalue weighted by molar-refractivity contribution is 6.30. The van der Waals surface area contributed by atoms with E-state index in [1.54, 1.807) is 6.20 Å². The molecule has 0 amide bonds. The van der Waals surface area contributed by atoms with E-state index in [1.165, 1.54) is 12.8 Å². The molecule has 1 aromatic heterocycles. The van der Waals surface area contributed by atoms with Crippen molar-refractivity contribution in [2.75, 3.05) is 11.9 Å². The molecule has 1 fully saturated rings. The molecule has 15 heavy (non-hydrogen) atoms. The maximum Gasteiger partial charge on any atom is 0.126 e. The van der Waals surface area contributed by atoms with Crippen molar-refractivity contribution in [2.45, 2.75) is 31.2 Å². The van der Waals surface area contributed by atoms with Crippen molar-refractivity contribution >= 4 is 17.4 Å². The zero-order chi connectivity index (χ0) is 10.7. The van der Waals surface area contributed by atoms with Crippen LogP contribution in [0.4, 0.5) is 5.82 Å². The Hall–Kier alpha value is -0.800. The Kier molecular flexibility index (Phi) is 3.12. The zero-order valence-corrected chi connectivity index (χ0v) is 9.43. The Morgan fingerprint density at radius 1 is 1.40 bits per heavy atom. The SMILES string of the molecule is NCC1(Nc2ccc(Cl)cn2)CCCC1. The minimum atomic E-state index is 0.0564. The van der Waals surface area contributed by atoms with Gasteiger partial charge in [-0.25, -0.2) is 4.98 Å². The molecule has 0 atom stereocenters. The van der Waals surface area contributed by atoms with Crippen molar-refractivity contribution in [1.82, 2.24) is 4.98 Å². The fourth-order valence-corrected chi connectivity index (χ4v) is 2.27. The number of rotatable bonds is 3. The predicted octanol–water partition coefficient (Wildman–Crippen LogP) is 2.42. The Morgan fingerprint density at radius 2 is 2.13 bits per heavy atom. The van der Waals surface area contributed by atoms with Crippen molar-refractivity contribution in [3.8, 4) is 0 Å². The van der Waals surface area contributed by atoms with Crippen LogP contribution in [0.5, 0.6) is 0 Å². The van der Waals surface area contributed by atoms with Gasteiger partial charge in [-0.3, -0.25) is 0 Å². The first-order chi connectivity index (χ1) is 7.24. The normalized spacial score (nSPS) is 19.1. The summed E-state index contributed by atoms with van der Waals surface area (Å²) >= 11 is 5.78. The molecule has 1 heterocycles. The molecule has 82 valence electrons. The number of pyridine rings is 1. The molecule has 1 aromatic rings. The second kappa shape index (κ2) is 4.37. The second-order valence-electron chi connectivity index (χ2n) is 4.18. The topological polar surface area (TPSA) is 50.9 Å². The summed E-state index contributed by atoms with van der Waals surface area (Å²) in [6, 6.07) is 3.74. The van der Waals surface area contributed by atoms with Gasteiger partial charge in [0, 0.05) is 12.7 Å². The summed E-state index contributed by atoms with van der Waals surface area (Å²) in [6.07, 6.45) is 6.42. The van der Waals surface area contributed by atoms with E-state index in [9.17, 15) is 0 Å². The lowest BCUT2D eigenvalue weighted by Crippen LogP contribution is -2.43. The van der Waals surface area contributed by atoms with Gasteiger partial charge in [-0.05, 0) is 25.0 Å². The standard InChI is InChI=1S/C11H16ClN3/c12-9-3-4-10(14-7-9)15-11(8-13)5-1-2-6-11/h3-4,7H,1-2,5-6,8,13H2,(H,14,15). The van der Waals surface area contributed by atoms with E-state index in [4.69, 9.17) is 17.3 Å². The van der Waals surface area contributed by atoms with Gasteiger partial charge in [0.15, 0.2) is 0 Å². The summed E-state index contributed by atoms with van der Waals surface area (Å²) in [7, 11) is 0. The summed E-state index contributed by atoms with van der Waals surface area (Å²) in [5.74, 6) is 0.867. The summed E-state index contributed by atoms with van der Waals surface area (Å²) in [5, 5.41) is 4.10. The quantitative estimate of drug-likeness (QED) is 0.831. The minimum absolute atomic E-state index is 0.0564. The molecule has 3 nitrogen and oxygen atoms in total. The molecule has 3 N–H and O–H groups in total. The van der Waals surface area contributed by atoms with Gasteiger partial charge in [-0.1, -0.05) is 24.4 Å². The first-order valence-corrected chi connectivity index (χ1v) is 5.72. The molecule has 0 unspecified atom stereocenters. The molecular formula is C11H16ClN3. The monoisotopic (exact) mass is 225 g/mol. The molecule has 0 aliphatic heterocycles. The van der Waals surface area contributed by atoms with Gasteiger partial charge >= 0.3 is 0 Å². The molecule has 0 radical (unpaired) electrons. The van der Waals surface area contributed by atoms with Crippen LogP contribution in [0, 0.1) is 0 Å². The van der Waals surface area contributed by atoms with E-state index in [-0.39, 0.29) is 5.54 Å². The Labute approximate surface area is 95.0 Å². The van der Waals surface area contributed by atoms with Crippen LogP contribution in [0.1, 0.15) is 25.7 Å². The van der Waals surface area contributed by atoms with Crippen LogP contribution in [0.15, 0.2) is 18.3 Å². The molecule has 1 saturated carbocycles. The average Bonchev–Trinajstić information content (AvgIpc) is 2.71. The molecular weight excluding hydrogens is 210 g/mol. The molecule has 0 bridgehead atoms. The first-order valence-electron chi connectivity index (χ1n) is 5.34. The van der Waals surface area contributed by atoms with Gasteiger partial charge in [0.05, 0.1) is 10.6 Å². The Morgan fingerprint density at radius 3 is 2.67 bits per heavy atom. The number of anilines is 1. The van der Waals surface area contributed by atoms with Crippen LogP contribution in [-0.2, 0) is 0 Å². The minimum Gasteiger partial charge on any atom is -0.363 e. The van der Waals surface area contributed by atoms with E-state index in [2.05, 4.69) is 10.3 Å². The van der Waals surface area contributed by atoms with Crippen LogP contribution in [0.25, 0.3) is 0 Å². The largest absolute Gasteiger partial charge is 0.363 e. The summed E-state index contributed by atoms with van der Waals surface area (Å²) < 4.78 is 0. The number of nitrogens with two attached hydrogens (primary N) is 1. The van der Waals surface area contributed by atoms with Crippen molar-refractivity contribution < 1.29 is 0 Å². The van der Waals surface area contributed by atoms with E-state index in [0.717, 1.165) is 18.7 Å². The fourth-order valence-electron chi connectivity index (χ4n) is 2.15. The number of hydrogen-bond acceptors (Lipinski definition) is 3. The van der Waals surface area contributed by atoms with E-state index < -0.39 is 0 Å². The third kappa shape index (κ3) is 2.41. The Bertz CT molecular complexity index is 317. The van der Waals surface area contributed by atoms with Crippen LogP contribution in [0.2, 0.25) is 5.02 Å². The lowest BCUT2D eigenvalue weighted by molar-refractivity contribution is 0.491. The van der Waals surface area contributed by atoms with Gasteiger partial charge in [0.1, 0.15) is 5.82 Å². The Balaban J connectivity index is 2.09. The van der Waals surface area contributed by atoms with Crippen molar-refractivity contribution in [2.24, 2.45) is 5.73 Å². The number of nitrogens with zero attached hydrogens (tertiary/aromatic N) is 1. The summed E-state index contributed by atoms with van der Waals surface area (Å²) in [6.45, 7) is 0.664. The maximum absolute atomic E-state index is 5.83. The maximum atomic E-state index is 5.83. The van der Waals surface area contributed by atoms with E-state index in [0.29, 0.717) is 11.6 Å². The zero-order valence-electron chi connectivity index (χ0n) is 8.67. The van der Waals surface area contributed by atoms with Crippen molar-refractivity contribution in [3.05, 3.63) is 23.4 Å². The first kappa shape index (κ1) is 10.7. The van der Waals surface area contributed by atoms with Crippen molar-refractivity contribution in [1.29, 1.82) is 0 Å². The van der Waals surface area contributed by atoms with Crippen LogP contribution >= 0.6 is 11.6 Å². The summed E-state index contributed by atoms with van der Waals surface area (Å²) in [4.78, 5) is 4.24. The number of nitrogens with one attached hydrogen (secondary N) is 1. The molecule has 4 heteroatoms. The molecule has 0 aromatic carbocycles. The molecule has 0 spiro atoms. The third-order valence-corrected chi connectivity index (χ3v) is 3.30. The van der Waals surface area contributed by atoms with Crippen LogP contribution in [-0.4, -0.2) is 17.1 Å². The predicted molar refractivity (Wildman–Crippen MR) is 63.1 cm³/mol. The highest BCUT2D eigenvalue weighted by Gasteiger charge is 2.32. The van der Waals surface area contributed by atoms with Crippen LogP contribution in [0.3, 0.4) is 0 Å². The number of aromatic nitrogens is 1. The lowest BCUT2D eigenvalue weighted by atomic mass is 9.98. The molecule has 1 aliphatic carbocycles. The van der Waals surface area contributed by atoms with Gasteiger partial charge < -0.3 is 11.1 Å². The molecule has 1 aliphatic rings. The van der Waals surface area contributed by atoms with Crippen molar-refractivity contribution in [3.63, 3.8) is 0 Å². The highest BCUT2D eigenvalue weighted by Crippen LogP contribution is 2.31. The third-order valence-electron chi connectivity index (χ3n) is 3.07. The van der Waals surface area contributed by atoms with Gasteiger partial charge in [0.2, 0.25) is 0 Å². The van der Waals surface area contributed by atoms with Gasteiger partial charge in [0.25, 0.3) is 0 Å². The second-order valence-corrected chi connectivity index (χ2v) is 4.61. The van der Waals surface area contributed by atoms with Gasteiger partial charge in [-0.15, -0.1) is 0 Å². The molecule has 2 rings (SSSR count).